The van der Waals surface area contributed by atoms with E-state index in [0.717, 1.165) is 27.7 Å². The van der Waals surface area contributed by atoms with Crippen molar-refractivity contribution in [3.05, 3.63) is 47.7 Å². The third-order valence-electron chi connectivity index (χ3n) is 3.55. The number of hydrogen-bond acceptors (Lipinski definition) is 1. The molecule has 0 unspecified atom stereocenters. The Morgan fingerprint density at radius 2 is 2.05 bits per heavy atom. The number of para-hydroxylation sites is 1. The molecule has 3 heteroatoms. The fourth-order valence-electron chi connectivity index (χ4n) is 2.53. The molecular formula is C17H22N2O. The van der Waals surface area contributed by atoms with Crippen LogP contribution in [0.3, 0.4) is 0 Å². The summed E-state index contributed by atoms with van der Waals surface area (Å²) in [5.41, 5.74) is 4.28. The van der Waals surface area contributed by atoms with Gasteiger partial charge < -0.3 is 9.88 Å². The van der Waals surface area contributed by atoms with Crippen LogP contribution in [0.5, 0.6) is 0 Å². The molecular weight excluding hydrogens is 248 g/mol. The minimum atomic E-state index is 0.156. The standard InChI is InChI=1S/C17H22N2O/c1-5-19(11-12(2)3)17(20)10-15-13(4)18-16-9-7-6-8-14(15)16/h6-9,18H,2,5,10-11H2,1,3-4H3. The number of carbonyl (C=O) groups is 1. The number of fused-ring (bicyclic) bond motifs is 1. The number of rotatable bonds is 5. The van der Waals surface area contributed by atoms with E-state index in [0.29, 0.717) is 19.5 Å². The highest BCUT2D eigenvalue weighted by molar-refractivity contribution is 5.90. The van der Waals surface area contributed by atoms with E-state index in [1.807, 2.05) is 43.9 Å². The molecule has 2 aromatic rings. The third-order valence-corrected chi connectivity index (χ3v) is 3.55. The molecule has 0 aliphatic rings. The topological polar surface area (TPSA) is 36.1 Å². The molecule has 0 saturated heterocycles. The molecule has 20 heavy (non-hydrogen) atoms. The predicted octanol–water partition coefficient (Wildman–Crippen LogP) is 3.44. The van der Waals surface area contributed by atoms with Crippen molar-refractivity contribution >= 4 is 16.8 Å². The maximum atomic E-state index is 12.4. The van der Waals surface area contributed by atoms with Crippen LogP contribution in [0.15, 0.2) is 36.4 Å². The molecule has 0 aliphatic carbocycles. The second-order valence-corrected chi connectivity index (χ2v) is 5.32. The highest BCUT2D eigenvalue weighted by Gasteiger charge is 2.16. The Morgan fingerprint density at radius 1 is 1.35 bits per heavy atom. The number of likely N-dealkylation sites (N-methyl/N-ethyl adjacent to an activating group) is 1. The number of amides is 1. The summed E-state index contributed by atoms with van der Waals surface area (Å²) in [5, 5.41) is 1.14. The van der Waals surface area contributed by atoms with E-state index in [4.69, 9.17) is 0 Å². The Bertz CT molecular complexity index is 639. The zero-order chi connectivity index (χ0) is 14.7. The molecule has 0 atom stereocenters. The van der Waals surface area contributed by atoms with E-state index in [1.165, 1.54) is 0 Å². The number of benzene rings is 1. The van der Waals surface area contributed by atoms with Gasteiger partial charge in [0.05, 0.1) is 6.42 Å². The Morgan fingerprint density at radius 3 is 2.70 bits per heavy atom. The minimum Gasteiger partial charge on any atom is -0.358 e. The van der Waals surface area contributed by atoms with Crippen LogP contribution in [-0.2, 0) is 11.2 Å². The zero-order valence-electron chi connectivity index (χ0n) is 12.5. The van der Waals surface area contributed by atoms with Crippen LogP contribution >= 0.6 is 0 Å². The summed E-state index contributed by atoms with van der Waals surface area (Å²) in [4.78, 5) is 17.6. The van der Waals surface area contributed by atoms with Crippen LogP contribution in [0.25, 0.3) is 10.9 Å². The molecule has 1 amide bonds. The molecule has 0 spiro atoms. The van der Waals surface area contributed by atoms with Gasteiger partial charge in [0.15, 0.2) is 0 Å². The summed E-state index contributed by atoms with van der Waals surface area (Å²) in [5.74, 6) is 0.156. The number of hydrogen-bond donors (Lipinski definition) is 1. The lowest BCUT2D eigenvalue weighted by Crippen LogP contribution is -2.33. The summed E-state index contributed by atoms with van der Waals surface area (Å²) >= 11 is 0. The Kier molecular flexibility index (Phi) is 4.28. The number of aromatic amines is 1. The van der Waals surface area contributed by atoms with Gasteiger partial charge in [0, 0.05) is 29.7 Å². The lowest BCUT2D eigenvalue weighted by molar-refractivity contribution is -0.129. The molecule has 1 aromatic heterocycles. The molecule has 0 radical (unpaired) electrons. The van der Waals surface area contributed by atoms with Crippen LogP contribution in [0.2, 0.25) is 0 Å². The summed E-state index contributed by atoms with van der Waals surface area (Å²) in [6, 6.07) is 8.12. The minimum absolute atomic E-state index is 0.156. The number of carbonyl (C=O) groups excluding carboxylic acids is 1. The highest BCUT2D eigenvalue weighted by Crippen LogP contribution is 2.22. The largest absolute Gasteiger partial charge is 0.358 e. The molecule has 1 aromatic carbocycles. The highest BCUT2D eigenvalue weighted by atomic mass is 16.2. The summed E-state index contributed by atoms with van der Waals surface area (Å²) in [7, 11) is 0. The van der Waals surface area contributed by atoms with Crippen molar-refractivity contribution in [3.8, 4) is 0 Å². The van der Waals surface area contributed by atoms with Gasteiger partial charge in [0.2, 0.25) is 5.91 Å². The van der Waals surface area contributed by atoms with Crippen LogP contribution in [-0.4, -0.2) is 28.9 Å². The van der Waals surface area contributed by atoms with Gasteiger partial charge in [0.1, 0.15) is 0 Å². The first-order valence-electron chi connectivity index (χ1n) is 7.01. The van der Waals surface area contributed by atoms with Gasteiger partial charge in [-0.3, -0.25) is 4.79 Å². The van der Waals surface area contributed by atoms with Crippen molar-refractivity contribution < 1.29 is 4.79 Å². The smallest absolute Gasteiger partial charge is 0.227 e. The molecule has 0 fully saturated rings. The van der Waals surface area contributed by atoms with Crippen LogP contribution in [0.1, 0.15) is 25.1 Å². The lowest BCUT2D eigenvalue weighted by Gasteiger charge is -2.21. The average molecular weight is 270 g/mol. The van der Waals surface area contributed by atoms with Crippen LogP contribution < -0.4 is 0 Å². The average Bonchev–Trinajstić information content (AvgIpc) is 2.72. The van der Waals surface area contributed by atoms with Crippen molar-refractivity contribution in [2.45, 2.75) is 27.2 Å². The summed E-state index contributed by atoms with van der Waals surface area (Å²) < 4.78 is 0. The first kappa shape index (κ1) is 14.4. The molecule has 0 aliphatic heterocycles. The number of aromatic nitrogens is 1. The first-order chi connectivity index (χ1) is 9.52. The Balaban J connectivity index is 2.25. The normalized spacial score (nSPS) is 10.8. The quantitative estimate of drug-likeness (QED) is 0.830. The monoisotopic (exact) mass is 270 g/mol. The van der Waals surface area contributed by atoms with Gasteiger partial charge in [-0.1, -0.05) is 30.4 Å². The van der Waals surface area contributed by atoms with Crippen molar-refractivity contribution in [1.29, 1.82) is 0 Å². The SMILES string of the molecule is C=C(C)CN(CC)C(=O)Cc1c(C)[nH]c2ccccc12. The van der Waals surface area contributed by atoms with E-state index < -0.39 is 0 Å². The van der Waals surface area contributed by atoms with Gasteiger partial charge in [-0.25, -0.2) is 0 Å². The molecule has 3 nitrogen and oxygen atoms in total. The van der Waals surface area contributed by atoms with Gasteiger partial charge in [-0.05, 0) is 32.4 Å². The van der Waals surface area contributed by atoms with E-state index >= 15 is 0 Å². The number of aryl methyl sites for hydroxylation is 1. The molecule has 2 rings (SSSR count). The molecule has 0 saturated carbocycles. The lowest BCUT2D eigenvalue weighted by atomic mass is 10.1. The molecule has 106 valence electrons. The summed E-state index contributed by atoms with van der Waals surface area (Å²) in [6.07, 6.45) is 0.441. The maximum absolute atomic E-state index is 12.4. The van der Waals surface area contributed by atoms with Crippen LogP contribution in [0, 0.1) is 6.92 Å². The van der Waals surface area contributed by atoms with Crippen molar-refractivity contribution in [2.24, 2.45) is 0 Å². The Labute approximate surface area is 120 Å². The van der Waals surface area contributed by atoms with Gasteiger partial charge in [-0.2, -0.15) is 0 Å². The van der Waals surface area contributed by atoms with E-state index in [2.05, 4.69) is 17.6 Å². The fraction of sp³-hybridized carbons (Fsp3) is 0.353. The zero-order valence-corrected chi connectivity index (χ0v) is 12.5. The molecule has 1 heterocycles. The van der Waals surface area contributed by atoms with E-state index in [-0.39, 0.29) is 5.91 Å². The van der Waals surface area contributed by atoms with Crippen LogP contribution in [0.4, 0.5) is 0 Å². The number of H-pyrrole nitrogens is 1. The summed E-state index contributed by atoms with van der Waals surface area (Å²) in [6.45, 7) is 11.2. The fourth-order valence-corrected chi connectivity index (χ4v) is 2.53. The third kappa shape index (κ3) is 2.93. The predicted molar refractivity (Wildman–Crippen MR) is 83.8 cm³/mol. The van der Waals surface area contributed by atoms with Gasteiger partial charge >= 0.3 is 0 Å². The second-order valence-electron chi connectivity index (χ2n) is 5.32. The van der Waals surface area contributed by atoms with Gasteiger partial charge in [-0.15, -0.1) is 0 Å². The second kappa shape index (κ2) is 5.95. The first-order valence-corrected chi connectivity index (χ1v) is 7.01. The number of nitrogens with zero attached hydrogens (tertiary/aromatic N) is 1. The van der Waals surface area contributed by atoms with Crippen molar-refractivity contribution in [3.63, 3.8) is 0 Å². The van der Waals surface area contributed by atoms with Crippen molar-refractivity contribution in [2.75, 3.05) is 13.1 Å². The van der Waals surface area contributed by atoms with Crippen molar-refractivity contribution in [1.82, 2.24) is 9.88 Å². The Hall–Kier alpha value is -2.03. The van der Waals surface area contributed by atoms with E-state index in [9.17, 15) is 4.79 Å². The molecule has 0 bridgehead atoms. The number of nitrogens with one attached hydrogen (secondary N) is 1. The molecule has 1 N–H and O–H groups in total. The maximum Gasteiger partial charge on any atom is 0.227 e. The van der Waals surface area contributed by atoms with Gasteiger partial charge in [0.25, 0.3) is 0 Å². The van der Waals surface area contributed by atoms with E-state index in [1.54, 1.807) is 0 Å².